The second kappa shape index (κ2) is 11.4. The predicted octanol–water partition coefficient (Wildman–Crippen LogP) is 5.11. The second-order valence-electron chi connectivity index (χ2n) is 10.4. The summed E-state index contributed by atoms with van der Waals surface area (Å²) in [6, 6.07) is 11.4. The van der Waals surface area contributed by atoms with Gasteiger partial charge in [0.2, 0.25) is 5.91 Å². The van der Waals surface area contributed by atoms with Gasteiger partial charge in [-0.15, -0.1) is 0 Å². The van der Waals surface area contributed by atoms with E-state index in [2.05, 4.69) is 23.3 Å². The number of alkyl carbamates (subject to hydrolysis) is 1. The van der Waals surface area contributed by atoms with E-state index >= 15 is 0 Å². The number of amides is 3. The molecule has 1 aliphatic carbocycles. The Morgan fingerprint density at radius 2 is 1.69 bits per heavy atom. The predicted molar refractivity (Wildman–Crippen MR) is 145 cm³/mol. The molecule has 2 N–H and O–H groups in total. The molecule has 2 atom stereocenters. The van der Waals surface area contributed by atoms with Crippen molar-refractivity contribution in [2.45, 2.75) is 78.1 Å². The first-order valence-corrected chi connectivity index (χ1v) is 12.9. The van der Waals surface area contributed by atoms with Crippen molar-refractivity contribution in [3.8, 4) is 0 Å². The number of nitrogens with zero attached hydrogens (tertiary/aromatic N) is 1. The Kier molecular flexibility index (Phi) is 8.71. The molecule has 1 aliphatic rings. The van der Waals surface area contributed by atoms with Gasteiger partial charge in [0.25, 0.3) is 5.91 Å². The van der Waals surface area contributed by atoms with Crippen LogP contribution in [0.1, 0.15) is 61.9 Å². The molecule has 3 amide bonds. The summed E-state index contributed by atoms with van der Waals surface area (Å²) in [6.45, 7) is 11.2. The lowest BCUT2D eigenvalue weighted by Gasteiger charge is -2.34. The van der Waals surface area contributed by atoms with Crippen LogP contribution in [-0.2, 0) is 14.3 Å². The summed E-state index contributed by atoms with van der Waals surface area (Å²) in [5.74, 6) is -0.593. The van der Waals surface area contributed by atoms with Crippen molar-refractivity contribution in [2.24, 2.45) is 0 Å². The van der Waals surface area contributed by atoms with Crippen molar-refractivity contribution in [3.63, 3.8) is 0 Å². The monoisotopic (exact) mass is 511 g/mol. The third-order valence-electron chi connectivity index (χ3n) is 6.14. The van der Waals surface area contributed by atoms with Gasteiger partial charge < -0.3 is 20.3 Å². The largest absolute Gasteiger partial charge is 0.444 e. The maximum atomic E-state index is 13.9. The van der Waals surface area contributed by atoms with E-state index in [1.807, 2.05) is 63.2 Å². The van der Waals surface area contributed by atoms with E-state index in [0.717, 1.165) is 35.1 Å². The molecule has 194 valence electrons. The van der Waals surface area contributed by atoms with Crippen LogP contribution in [0.15, 0.2) is 42.5 Å². The van der Waals surface area contributed by atoms with Crippen molar-refractivity contribution in [1.82, 2.24) is 10.2 Å². The van der Waals surface area contributed by atoms with E-state index in [-0.39, 0.29) is 23.6 Å². The first-order valence-electron chi connectivity index (χ1n) is 12.3. The van der Waals surface area contributed by atoms with E-state index in [4.69, 9.17) is 4.74 Å². The number of aryl methyl sites for hydroxylation is 3. The van der Waals surface area contributed by atoms with Crippen LogP contribution >= 0.6 is 12.6 Å². The number of hydrogen-bond acceptors (Lipinski definition) is 5. The summed E-state index contributed by atoms with van der Waals surface area (Å²) in [5.41, 5.74) is 3.76. The van der Waals surface area contributed by atoms with Gasteiger partial charge >= 0.3 is 6.09 Å². The van der Waals surface area contributed by atoms with Crippen LogP contribution in [0.25, 0.3) is 0 Å². The minimum atomic E-state index is -0.941. The summed E-state index contributed by atoms with van der Waals surface area (Å²) in [4.78, 5) is 41.8. The molecular formula is C28H37N3O4S. The fourth-order valence-corrected chi connectivity index (χ4v) is 4.22. The van der Waals surface area contributed by atoms with E-state index < -0.39 is 23.8 Å². The molecule has 0 radical (unpaired) electrons. The van der Waals surface area contributed by atoms with Crippen LogP contribution in [0.3, 0.4) is 0 Å². The summed E-state index contributed by atoms with van der Waals surface area (Å²) >= 11 is 4.34. The number of thiol groups is 1. The molecule has 2 aromatic carbocycles. The average Bonchev–Trinajstić information content (AvgIpc) is 3.62. The van der Waals surface area contributed by atoms with Crippen LogP contribution in [0.2, 0.25) is 0 Å². The topological polar surface area (TPSA) is 87.7 Å². The lowest BCUT2D eigenvalue weighted by Crippen LogP contribution is -2.54. The molecule has 2 unspecified atom stereocenters. The molecule has 0 spiro atoms. The Labute approximate surface area is 219 Å². The van der Waals surface area contributed by atoms with Crippen molar-refractivity contribution in [1.29, 1.82) is 0 Å². The van der Waals surface area contributed by atoms with Crippen LogP contribution in [0, 0.1) is 20.8 Å². The molecule has 36 heavy (non-hydrogen) atoms. The van der Waals surface area contributed by atoms with E-state index in [9.17, 15) is 14.4 Å². The van der Waals surface area contributed by atoms with Crippen molar-refractivity contribution in [3.05, 3.63) is 64.7 Å². The Hall–Kier alpha value is -3.00. The number of benzene rings is 2. The summed E-state index contributed by atoms with van der Waals surface area (Å²) in [7, 11) is 0. The van der Waals surface area contributed by atoms with Gasteiger partial charge in [-0.3, -0.25) is 9.59 Å². The molecule has 0 saturated heterocycles. The second-order valence-corrected chi connectivity index (χ2v) is 10.8. The lowest BCUT2D eigenvalue weighted by atomic mass is 9.98. The first kappa shape index (κ1) is 27.6. The summed E-state index contributed by atoms with van der Waals surface area (Å²) in [5, 5.41) is 5.68. The zero-order valence-corrected chi connectivity index (χ0v) is 22.8. The van der Waals surface area contributed by atoms with E-state index in [1.54, 1.807) is 25.7 Å². The number of anilines is 1. The molecule has 0 heterocycles. The number of hydrogen-bond donors (Lipinski definition) is 3. The maximum Gasteiger partial charge on any atom is 0.408 e. The third-order valence-corrected chi connectivity index (χ3v) is 6.51. The van der Waals surface area contributed by atoms with Gasteiger partial charge in [0.1, 0.15) is 17.7 Å². The highest BCUT2D eigenvalue weighted by Crippen LogP contribution is 2.37. The molecule has 7 nitrogen and oxygen atoms in total. The van der Waals surface area contributed by atoms with Gasteiger partial charge in [-0.1, -0.05) is 36.4 Å². The SMILES string of the molecule is Cc1ccc(C(C(=O)Nc2ccccc2C)N(C(=O)C(CS)NC(=O)OC(C)(C)C)C2CC2)cc1C. The molecule has 1 fully saturated rings. The Balaban J connectivity index is 1.98. The van der Waals surface area contributed by atoms with Gasteiger partial charge in [-0.2, -0.15) is 12.6 Å². The number of para-hydroxylation sites is 1. The molecule has 3 rings (SSSR count). The number of ether oxygens (including phenoxy) is 1. The number of carbonyl (C=O) groups excluding carboxylic acids is 3. The Morgan fingerprint density at radius 3 is 2.25 bits per heavy atom. The maximum absolute atomic E-state index is 13.9. The molecule has 0 aromatic heterocycles. The zero-order valence-electron chi connectivity index (χ0n) is 21.9. The quantitative estimate of drug-likeness (QED) is 0.430. The van der Waals surface area contributed by atoms with Crippen molar-refractivity contribution in [2.75, 3.05) is 11.1 Å². The van der Waals surface area contributed by atoms with Gasteiger partial charge in [0.15, 0.2) is 0 Å². The highest BCUT2D eigenvalue weighted by molar-refractivity contribution is 7.80. The van der Waals surface area contributed by atoms with Crippen LogP contribution < -0.4 is 10.6 Å². The minimum Gasteiger partial charge on any atom is -0.444 e. The number of nitrogens with one attached hydrogen (secondary N) is 2. The van der Waals surface area contributed by atoms with Crippen LogP contribution in [-0.4, -0.2) is 46.2 Å². The molecular weight excluding hydrogens is 474 g/mol. The van der Waals surface area contributed by atoms with Crippen LogP contribution in [0.5, 0.6) is 0 Å². The lowest BCUT2D eigenvalue weighted by molar-refractivity contribution is -0.141. The van der Waals surface area contributed by atoms with Gasteiger partial charge in [-0.05, 0) is 82.7 Å². The Bertz CT molecular complexity index is 1120. The van der Waals surface area contributed by atoms with Gasteiger partial charge in [-0.25, -0.2) is 4.79 Å². The van der Waals surface area contributed by atoms with Gasteiger partial charge in [0, 0.05) is 17.5 Å². The smallest absolute Gasteiger partial charge is 0.408 e. The standard InChI is InChI=1S/C28H37N3O4S/c1-17-11-12-20(15-19(17)3)24(25(32)29-22-10-8-7-9-18(22)2)31(21-13-14-21)26(33)23(16-36)30-27(34)35-28(4,5)6/h7-12,15,21,23-24,36H,13-14,16H2,1-6H3,(H,29,32)(H,30,34). The zero-order chi connectivity index (χ0) is 26.6. The summed E-state index contributed by atoms with van der Waals surface area (Å²) < 4.78 is 5.36. The normalized spacial score (nSPS) is 15.0. The first-order chi connectivity index (χ1) is 16.9. The molecule has 8 heteroatoms. The number of rotatable bonds is 8. The van der Waals surface area contributed by atoms with Crippen LogP contribution in [0.4, 0.5) is 10.5 Å². The van der Waals surface area contributed by atoms with Gasteiger partial charge in [0.05, 0.1) is 0 Å². The molecule has 1 saturated carbocycles. The highest BCUT2D eigenvalue weighted by atomic mass is 32.1. The average molecular weight is 512 g/mol. The third kappa shape index (κ3) is 7.03. The van der Waals surface area contributed by atoms with E-state index in [1.165, 1.54) is 0 Å². The fourth-order valence-electron chi connectivity index (χ4n) is 3.97. The highest BCUT2D eigenvalue weighted by Gasteiger charge is 2.44. The summed E-state index contributed by atoms with van der Waals surface area (Å²) in [6.07, 6.45) is 0.880. The number of carbonyl (C=O) groups is 3. The van der Waals surface area contributed by atoms with Crippen molar-refractivity contribution >= 4 is 36.2 Å². The minimum absolute atomic E-state index is 0.0698. The fraction of sp³-hybridized carbons (Fsp3) is 0.464. The molecule has 0 aliphatic heterocycles. The molecule has 2 aromatic rings. The van der Waals surface area contributed by atoms with Crippen molar-refractivity contribution < 1.29 is 19.1 Å². The Morgan fingerprint density at radius 1 is 1.03 bits per heavy atom. The van der Waals surface area contributed by atoms with E-state index in [0.29, 0.717) is 5.69 Å². The molecule has 0 bridgehead atoms.